The molecule has 478 valence electrons. The summed E-state index contributed by atoms with van der Waals surface area (Å²) in [4.78, 5) is 25.1. The highest BCUT2D eigenvalue weighted by atomic mass is 16.7. The molecule has 1 amide bonds. The second-order valence-electron chi connectivity index (χ2n) is 23.9. The second kappa shape index (κ2) is 60.1. The minimum absolute atomic E-state index is 0.00602. The molecule has 0 aromatic carbocycles. The van der Waals surface area contributed by atoms with Crippen molar-refractivity contribution in [2.45, 2.75) is 358 Å². The molecule has 0 saturated carbocycles. The van der Waals surface area contributed by atoms with Crippen LogP contribution >= 0.6 is 0 Å². The molecule has 7 unspecified atom stereocenters. The fraction of sp³-hybridized carbons (Fsp3) is 0.831. The van der Waals surface area contributed by atoms with Crippen molar-refractivity contribution < 1.29 is 49.3 Å². The maximum Gasteiger partial charge on any atom is 0.305 e. The van der Waals surface area contributed by atoms with Gasteiger partial charge in [0.1, 0.15) is 24.4 Å². The standard InChI is InChI=1S/C71H129NO10/c1-3-5-7-9-11-13-14-15-16-33-36-39-43-47-51-55-59-67(76)80-60-56-52-48-44-40-37-34-31-29-27-25-23-21-19-17-18-20-22-24-26-28-30-32-35-38-42-46-50-54-58-66(75)72-63(64(74)57-53-49-45-41-12-10-8-6-4-2)62-81-71-70(79)69(78)68(77)65(61-73)82-71/h4,6,12,17,19,23,25,41,53,57,63-65,68-71,73-74,77-79H,3,5,7-11,13-16,18,20-22,24,26-40,42-52,54-56,58-62H2,1-2H3,(H,72,75)/b6-4+,19-17-,25-23-,41-12+,57-53+. The number of carbonyl (C=O) groups excluding carboxylic acids is 2. The Balaban J connectivity index is 1.94. The Morgan fingerprint density at radius 1 is 0.476 bits per heavy atom. The number of nitrogens with one attached hydrogen (secondary N) is 1. The number of carbonyl (C=O) groups is 2. The summed E-state index contributed by atoms with van der Waals surface area (Å²) in [7, 11) is 0. The molecule has 1 aliphatic rings. The van der Waals surface area contributed by atoms with Crippen LogP contribution in [0.1, 0.15) is 316 Å². The van der Waals surface area contributed by atoms with Crippen molar-refractivity contribution in [2.75, 3.05) is 19.8 Å². The fourth-order valence-corrected chi connectivity index (χ4v) is 10.7. The van der Waals surface area contributed by atoms with Gasteiger partial charge in [-0.2, -0.15) is 0 Å². The molecule has 11 heteroatoms. The Bertz CT molecular complexity index is 1550. The molecule has 0 bridgehead atoms. The number of allylic oxidation sites excluding steroid dienone is 9. The van der Waals surface area contributed by atoms with Gasteiger partial charge < -0.3 is 45.1 Å². The van der Waals surface area contributed by atoms with E-state index in [1.807, 2.05) is 19.1 Å². The van der Waals surface area contributed by atoms with Gasteiger partial charge in [-0.25, -0.2) is 0 Å². The molecule has 0 spiro atoms. The second-order valence-corrected chi connectivity index (χ2v) is 23.9. The van der Waals surface area contributed by atoms with E-state index in [1.54, 1.807) is 6.08 Å². The lowest BCUT2D eigenvalue weighted by Crippen LogP contribution is -2.60. The van der Waals surface area contributed by atoms with Gasteiger partial charge in [0.25, 0.3) is 0 Å². The lowest BCUT2D eigenvalue weighted by atomic mass is 9.99. The van der Waals surface area contributed by atoms with Gasteiger partial charge in [0.05, 0.1) is 32.0 Å². The summed E-state index contributed by atoms with van der Waals surface area (Å²) < 4.78 is 16.7. The largest absolute Gasteiger partial charge is 0.466 e. The van der Waals surface area contributed by atoms with Gasteiger partial charge in [0, 0.05) is 12.8 Å². The Morgan fingerprint density at radius 3 is 1.34 bits per heavy atom. The SMILES string of the molecule is C/C=C/CC/C=C/CC/C=C/C(O)C(COC1OC(CO)C(O)C(O)C1O)NC(=O)CCCCCCCCCCCCCCC/C=C\C/C=C\CCCCCCCCCCCOC(=O)CCCCCCCCCCCCCCCCCC. The van der Waals surface area contributed by atoms with Crippen molar-refractivity contribution in [3.05, 3.63) is 60.8 Å². The maximum absolute atomic E-state index is 13.0. The number of aliphatic hydroxyl groups excluding tert-OH is 5. The van der Waals surface area contributed by atoms with Crippen LogP contribution in [0, 0.1) is 0 Å². The number of hydrogen-bond donors (Lipinski definition) is 6. The summed E-state index contributed by atoms with van der Waals surface area (Å²) >= 11 is 0. The van der Waals surface area contributed by atoms with Gasteiger partial charge in [-0.15, -0.1) is 0 Å². The minimum Gasteiger partial charge on any atom is -0.466 e. The highest BCUT2D eigenvalue weighted by molar-refractivity contribution is 5.76. The highest BCUT2D eigenvalue weighted by Gasteiger charge is 2.44. The number of unbranched alkanes of at least 4 members (excludes halogenated alkanes) is 39. The van der Waals surface area contributed by atoms with E-state index in [0.717, 1.165) is 70.6 Å². The quantitative estimate of drug-likeness (QED) is 0.0195. The van der Waals surface area contributed by atoms with E-state index < -0.39 is 49.5 Å². The molecule has 11 nitrogen and oxygen atoms in total. The van der Waals surface area contributed by atoms with Crippen LogP contribution in [0.5, 0.6) is 0 Å². The van der Waals surface area contributed by atoms with E-state index in [9.17, 15) is 35.1 Å². The molecule has 1 aliphatic heterocycles. The third-order valence-corrected chi connectivity index (χ3v) is 16.2. The molecule has 0 aromatic rings. The summed E-state index contributed by atoms with van der Waals surface area (Å²) in [5.41, 5.74) is 0. The third-order valence-electron chi connectivity index (χ3n) is 16.2. The van der Waals surface area contributed by atoms with Crippen LogP contribution in [-0.4, -0.2) is 100 Å². The summed E-state index contributed by atoms with van der Waals surface area (Å²) in [5.74, 6) is -0.195. The predicted molar refractivity (Wildman–Crippen MR) is 343 cm³/mol. The molecular weight excluding hydrogens is 1030 g/mol. The van der Waals surface area contributed by atoms with Gasteiger partial charge in [0.15, 0.2) is 6.29 Å². The molecule has 1 heterocycles. The predicted octanol–water partition coefficient (Wildman–Crippen LogP) is 17.3. The summed E-state index contributed by atoms with van der Waals surface area (Å²) in [5, 5.41) is 54.2. The summed E-state index contributed by atoms with van der Waals surface area (Å²) in [6, 6.07) is -0.835. The number of esters is 1. The molecule has 6 N–H and O–H groups in total. The Kier molecular flexibility index (Phi) is 56.7. The molecule has 82 heavy (non-hydrogen) atoms. The van der Waals surface area contributed by atoms with E-state index in [0.29, 0.717) is 19.4 Å². The average Bonchev–Trinajstić information content (AvgIpc) is 3.48. The van der Waals surface area contributed by atoms with Gasteiger partial charge in [-0.3, -0.25) is 9.59 Å². The highest BCUT2D eigenvalue weighted by Crippen LogP contribution is 2.23. The van der Waals surface area contributed by atoms with Crippen LogP contribution in [0.15, 0.2) is 60.8 Å². The van der Waals surface area contributed by atoms with Crippen molar-refractivity contribution in [1.82, 2.24) is 5.32 Å². The number of rotatable bonds is 60. The average molecular weight is 1160 g/mol. The van der Waals surface area contributed by atoms with Crippen LogP contribution in [0.4, 0.5) is 0 Å². The first-order chi connectivity index (χ1) is 40.2. The van der Waals surface area contributed by atoms with Crippen molar-refractivity contribution in [1.29, 1.82) is 0 Å². The first-order valence-electron chi connectivity index (χ1n) is 34.5. The first-order valence-corrected chi connectivity index (χ1v) is 34.5. The van der Waals surface area contributed by atoms with E-state index in [4.69, 9.17) is 14.2 Å². The topological polar surface area (TPSA) is 175 Å². The smallest absolute Gasteiger partial charge is 0.305 e. The van der Waals surface area contributed by atoms with Gasteiger partial charge in [-0.05, 0) is 84.0 Å². The van der Waals surface area contributed by atoms with Crippen molar-refractivity contribution >= 4 is 11.9 Å². The Hall–Kier alpha value is -2.64. The van der Waals surface area contributed by atoms with Crippen molar-refractivity contribution in [3.8, 4) is 0 Å². The third kappa shape index (κ3) is 48.6. The summed E-state index contributed by atoms with van der Waals surface area (Å²) in [6.07, 6.45) is 69.6. The zero-order valence-corrected chi connectivity index (χ0v) is 52.9. The van der Waals surface area contributed by atoms with Crippen molar-refractivity contribution in [3.63, 3.8) is 0 Å². The molecule has 1 saturated heterocycles. The molecule has 7 atom stereocenters. The molecule has 1 fully saturated rings. The monoisotopic (exact) mass is 1160 g/mol. The minimum atomic E-state index is -1.58. The maximum atomic E-state index is 13.0. The van der Waals surface area contributed by atoms with Crippen LogP contribution in [0.25, 0.3) is 0 Å². The number of ether oxygens (including phenoxy) is 3. The van der Waals surface area contributed by atoms with Crippen LogP contribution in [0.3, 0.4) is 0 Å². The fourth-order valence-electron chi connectivity index (χ4n) is 10.7. The van der Waals surface area contributed by atoms with E-state index in [1.165, 1.54) is 218 Å². The zero-order valence-electron chi connectivity index (χ0n) is 52.9. The number of amides is 1. The lowest BCUT2D eigenvalue weighted by Gasteiger charge is -2.40. The first kappa shape index (κ1) is 77.4. The van der Waals surface area contributed by atoms with E-state index >= 15 is 0 Å². The van der Waals surface area contributed by atoms with E-state index in [-0.39, 0.29) is 18.5 Å². The van der Waals surface area contributed by atoms with Gasteiger partial charge in [-0.1, -0.05) is 280 Å². The van der Waals surface area contributed by atoms with Crippen LogP contribution < -0.4 is 5.32 Å². The molecule has 0 radical (unpaired) electrons. The molecule has 0 aliphatic carbocycles. The number of aliphatic hydroxyl groups is 5. The normalized spacial score (nSPS) is 18.5. The summed E-state index contributed by atoms with van der Waals surface area (Å²) in [6.45, 7) is 4.11. The number of hydrogen-bond acceptors (Lipinski definition) is 10. The van der Waals surface area contributed by atoms with Gasteiger partial charge in [0.2, 0.25) is 5.91 Å². The van der Waals surface area contributed by atoms with Crippen LogP contribution in [-0.2, 0) is 23.8 Å². The van der Waals surface area contributed by atoms with Crippen molar-refractivity contribution in [2.24, 2.45) is 0 Å². The molecule has 0 aromatic heterocycles. The lowest BCUT2D eigenvalue weighted by molar-refractivity contribution is -0.302. The van der Waals surface area contributed by atoms with Gasteiger partial charge >= 0.3 is 5.97 Å². The molecular formula is C71H129NO10. The molecule has 1 rings (SSSR count). The van der Waals surface area contributed by atoms with Crippen LogP contribution in [0.2, 0.25) is 0 Å². The Morgan fingerprint density at radius 2 is 0.878 bits per heavy atom. The Labute approximate surface area is 503 Å². The van der Waals surface area contributed by atoms with E-state index in [2.05, 4.69) is 54.8 Å². The zero-order chi connectivity index (χ0) is 59.5.